The summed E-state index contributed by atoms with van der Waals surface area (Å²) in [5, 5.41) is 14.6. The highest BCUT2D eigenvalue weighted by atomic mass is 32.2. The highest BCUT2D eigenvalue weighted by Crippen LogP contribution is 2.20. The van der Waals surface area contributed by atoms with Crippen molar-refractivity contribution in [1.29, 1.82) is 0 Å². The summed E-state index contributed by atoms with van der Waals surface area (Å²) in [6.45, 7) is 2.54. The van der Waals surface area contributed by atoms with Crippen LogP contribution in [0.25, 0.3) is 0 Å². The van der Waals surface area contributed by atoms with Crippen LogP contribution in [0.1, 0.15) is 25.2 Å². The third-order valence-electron chi connectivity index (χ3n) is 3.14. The number of sulfone groups is 1. The van der Waals surface area contributed by atoms with Crippen molar-refractivity contribution in [3.8, 4) is 0 Å². The Bertz CT molecular complexity index is 483. The van der Waals surface area contributed by atoms with Crippen molar-refractivity contribution < 1.29 is 8.42 Å². The van der Waals surface area contributed by atoms with Crippen molar-refractivity contribution >= 4 is 9.84 Å². The number of nitrogens with zero attached hydrogens (tertiary/aromatic N) is 4. The van der Waals surface area contributed by atoms with Crippen LogP contribution in [-0.2, 0) is 16.4 Å². The van der Waals surface area contributed by atoms with E-state index in [1.54, 1.807) is 4.68 Å². The molecule has 1 fully saturated rings. The minimum atomic E-state index is -2.83. The van der Waals surface area contributed by atoms with Gasteiger partial charge in [0.15, 0.2) is 15.7 Å². The van der Waals surface area contributed by atoms with Crippen molar-refractivity contribution in [2.75, 3.05) is 18.6 Å². The van der Waals surface area contributed by atoms with Gasteiger partial charge in [-0.05, 0) is 36.7 Å². The molecule has 1 aliphatic rings. The molecule has 0 amide bonds. The lowest BCUT2D eigenvalue weighted by molar-refractivity contribution is 0.421. The molecule has 8 heteroatoms. The lowest BCUT2D eigenvalue weighted by Gasteiger charge is -2.12. The second kappa shape index (κ2) is 4.69. The molecule has 2 unspecified atom stereocenters. The maximum absolute atomic E-state index is 11.4. The Balaban J connectivity index is 2.07. The molecule has 1 aliphatic heterocycles. The summed E-state index contributed by atoms with van der Waals surface area (Å²) < 4.78 is 24.4. The van der Waals surface area contributed by atoms with E-state index in [0.717, 1.165) is 5.82 Å². The first-order valence-corrected chi connectivity index (χ1v) is 7.47. The SMILES string of the molecule is CNC(C)c1nnnn1CC1CCS(=O)(=O)C1. The van der Waals surface area contributed by atoms with E-state index in [0.29, 0.717) is 13.0 Å². The average Bonchev–Trinajstić information content (AvgIpc) is 2.85. The van der Waals surface area contributed by atoms with Gasteiger partial charge in [0, 0.05) is 6.54 Å². The summed E-state index contributed by atoms with van der Waals surface area (Å²) in [6, 6.07) is 0.0583. The summed E-state index contributed by atoms with van der Waals surface area (Å²) in [5.41, 5.74) is 0. The predicted octanol–water partition coefficient (Wildman–Crippen LogP) is -0.612. The zero-order valence-electron chi connectivity index (χ0n) is 10.00. The van der Waals surface area contributed by atoms with Crippen LogP contribution in [-0.4, -0.2) is 47.2 Å². The average molecular weight is 259 g/mol. The van der Waals surface area contributed by atoms with Gasteiger partial charge in [-0.15, -0.1) is 5.10 Å². The van der Waals surface area contributed by atoms with Gasteiger partial charge in [-0.2, -0.15) is 0 Å². The van der Waals surface area contributed by atoms with Gasteiger partial charge >= 0.3 is 0 Å². The largest absolute Gasteiger partial charge is 0.311 e. The molecule has 96 valence electrons. The van der Waals surface area contributed by atoms with E-state index in [-0.39, 0.29) is 23.5 Å². The summed E-state index contributed by atoms with van der Waals surface area (Å²) in [4.78, 5) is 0. The highest BCUT2D eigenvalue weighted by molar-refractivity contribution is 7.91. The quantitative estimate of drug-likeness (QED) is 0.775. The first-order valence-electron chi connectivity index (χ1n) is 5.65. The number of tetrazole rings is 1. The first-order chi connectivity index (χ1) is 8.02. The molecular weight excluding hydrogens is 242 g/mol. The lowest BCUT2D eigenvalue weighted by Crippen LogP contribution is -2.21. The van der Waals surface area contributed by atoms with Crippen LogP contribution in [0.2, 0.25) is 0 Å². The Kier molecular flexibility index (Phi) is 3.43. The number of rotatable bonds is 4. The molecule has 2 atom stereocenters. The zero-order valence-corrected chi connectivity index (χ0v) is 10.8. The van der Waals surface area contributed by atoms with Crippen LogP contribution in [0.3, 0.4) is 0 Å². The fraction of sp³-hybridized carbons (Fsp3) is 0.889. The molecule has 0 spiro atoms. The smallest absolute Gasteiger partial charge is 0.167 e. The second-order valence-corrected chi connectivity index (χ2v) is 6.73. The molecule has 1 saturated heterocycles. The van der Waals surface area contributed by atoms with Gasteiger partial charge < -0.3 is 5.32 Å². The molecule has 1 N–H and O–H groups in total. The molecule has 2 heterocycles. The molecule has 0 aliphatic carbocycles. The standard InChI is InChI=1S/C9H17N5O2S/c1-7(10-2)9-11-12-13-14(9)5-8-3-4-17(15,16)6-8/h7-8,10H,3-6H2,1-2H3. The Morgan fingerprint density at radius 2 is 2.35 bits per heavy atom. The Morgan fingerprint density at radius 1 is 1.59 bits per heavy atom. The van der Waals surface area contributed by atoms with Crippen LogP contribution in [0.15, 0.2) is 0 Å². The number of aromatic nitrogens is 4. The monoisotopic (exact) mass is 259 g/mol. The second-order valence-electron chi connectivity index (χ2n) is 4.50. The third kappa shape index (κ3) is 2.81. The van der Waals surface area contributed by atoms with Gasteiger partial charge in [-0.1, -0.05) is 0 Å². The summed E-state index contributed by atoms with van der Waals surface area (Å²) in [5.74, 6) is 1.42. The summed E-state index contributed by atoms with van der Waals surface area (Å²) in [6.07, 6.45) is 0.704. The lowest BCUT2D eigenvalue weighted by atomic mass is 10.1. The van der Waals surface area contributed by atoms with Crippen LogP contribution in [0, 0.1) is 5.92 Å². The van der Waals surface area contributed by atoms with Gasteiger partial charge in [-0.3, -0.25) is 0 Å². The predicted molar refractivity (Wildman–Crippen MR) is 62.1 cm³/mol. The van der Waals surface area contributed by atoms with Gasteiger partial charge in [0.1, 0.15) is 0 Å². The maximum atomic E-state index is 11.4. The van der Waals surface area contributed by atoms with Crippen LogP contribution < -0.4 is 5.32 Å². The van der Waals surface area contributed by atoms with Crippen molar-refractivity contribution in [2.24, 2.45) is 5.92 Å². The molecule has 17 heavy (non-hydrogen) atoms. The Morgan fingerprint density at radius 3 is 2.94 bits per heavy atom. The Hall–Kier alpha value is -1.02. The molecular formula is C9H17N5O2S. The normalized spacial score (nSPS) is 24.9. The number of nitrogens with one attached hydrogen (secondary N) is 1. The third-order valence-corrected chi connectivity index (χ3v) is 4.97. The maximum Gasteiger partial charge on any atom is 0.167 e. The number of hydrogen-bond donors (Lipinski definition) is 1. The minimum absolute atomic E-state index is 0.0583. The van der Waals surface area contributed by atoms with E-state index < -0.39 is 9.84 Å². The summed E-state index contributed by atoms with van der Waals surface area (Å²) in [7, 11) is -0.998. The van der Waals surface area contributed by atoms with Gasteiger partial charge in [-0.25, -0.2) is 13.1 Å². The van der Waals surface area contributed by atoms with Gasteiger partial charge in [0.25, 0.3) is 0 Å². The highest BCUT2D eigenvalue weighted by Gasteiger charge is 2.29. The zero-order chi connectivity index (χ0) is 12.5. The van der Waals surface area contributed by atoms with Gasteiger partial charge in [0.2, 0.25) is 0 Å². The van der Waals surface area contributed by atoms with Crippen molar-refractivity contribution in [3.63, 3.8) is 0 Å². The van der Waals surface area contributed by atoms with Crippen molar-refractivity contribution in [1.82, 2.24) is 25.5 Å². The van der Waals surface area contributed by atoms with E-state index in [4.69, 9.17) is 0 Å². The van der Waals surface area contributed by atoms with E-state index in [9.17, 15) is 8.42 Å². The molecule has 7 nitrogen and oxygen atoms in total. The molecule has 0 bridgehead atoms. The molecule has 0 aromatic carbocycles. The van der Waals surface area contributed by atoms with Crippen LogP contribution in [0.4, 0.5) is 0 Å². The van der Waals surface area contributed by atoms with Gasteiger partial charge in [0.05, 0.1) is 17.5 Å². The van der Waals surface area contributed by atoms with Crippen LogP contribution in [0.5, 0.6) is 0 Å². The van der Waals surface area contributed by atoms with E-state index in [1.807, 2.05) is 14.0 Å². The van der Waals surface area contributed by atoms with E-state index >= 15 is 0 Å². The first kappa shape index (κ1) is 12.4. The van der Waals surface area contributed by atoms with Crippen LogP contribution >= 0.6 is 0 Å². The van der Waals surface area contributed by atoms with E-state index in [2.05, 4.69) is 20.8 Å². The Labute approximate surface area is 101 Å². The summed E-state index contributed by atoms with van der Waals surface area (Å²) >= 11 is 0. The molecule has 1 aromatic heterocycles. The molecule has 0 radical (unpaired) electrons. The fourth-order valence-corrected chi connectivity index (χ4v) is 3.89. The van der Waals surface area contributed by atoms with E-state index in [1.165, 1.54) is 0 Å². The minimum Gasteiger partial charge on any atom is -0.311 e. The molecule has 0 saturated carbocycles. The van der Waals surface area contributed by atoms with Crippen molar-refractivity contribution in [2.45, 2.75) is 25.9 Å². The topological polar surface area (TPSA) is 89.8 Å². The molecule has 2 rings (SSSR count). The number of hydrogen-bond acceptors (Lipinski definition) is 6. The fourth-order valence-electron chi connectivity index (χ4n) is 2.04. The van der Waals surface area contributed by atoms with Crippen molar-refractivity contribution in [3.05, 3.63) is 5.82 Å². The molecule has 1 aromatic rings.